The highest BCUT2D eigenvalue weighted by molar-refractivity contribution is 5.72. The van der Waals surface area contributed by atoms with Gasteiger partial charge >= 0.3 is 11.9 Å². The van der Waals surface area contributed by atoms with E-state index in [4.69, 9.17) is 40.9 Å². The van der Waals surface area contributed by atoms with Gasteiger partial charge in [0.15, 0.2) is 12.2 Å². The van der Waals surface area contributed by atoms with Gasteiger partial charge in [0.25, 0.3) is 0 Å². The van der Waals surface area contributed by atoms with Crippen LogP contribution >= 0.6 is 0 Å². The Labute approximate surface area is 245 Å². The molecule has 2 unspecified atom stereocenters. The molecular formula is C28H46N2O12. The third kappa shape index (κ3) is 15.6. The predicted molar refractivity (Wildman–Crippen MR) is 151 cm³/mol. The van der Waals surface area contributed by atoms with E-state index in [0.717, 1.165) is 0 Å². The minimum Gasteiger partial charge on any atom is -0.506 e. The molecule has 0 spiro atoms. The largest absolute Gasteiger partial charge is 0.506 e. The summed E-state index contributed by atoms with van der Waals surface area (Å²) < 4.78 is 0. The summed E-state index contributed by atoms with van der Waals surface area (Å²) in [6.07, 6.45) is 1.17. The summed E-state index contributed by atoms with van der Waals surface area (Å²) in [4.78, 5) is 27.6. The van der Waals surface area contributed by atoms with Gasteiger partial charge in [-0.05, 0) is 38.5 Å². The number of rotatable bonds is 10. The van der Waals surface area contributed by atoms with Crippen LogP contribution in [0.5, 0.6) is 11.5 Å². The summed E-state index contributed by atoms with van der Waals surface area (Å²) >= 11 is 0. The predicted octanol–water partition coefficient (Wildman–Crippen LogP) is 1.12. The van der Waals surface area contributed by atoms with Gasteiger partial charge < -0.3 is 51.1 Å². The molecule has 42 heavy (non-hydrogen) atoms. The lowest BCUT2D eigenvalue weighted by Crippen LogP contribution is -2.21. The standard InChI is InChI=1S/2C8H11NO3.2C6H12O3/c2*1-5-8(12)7(4-11)6(3-10)2-9-5;2*1-4(2)3-5(7)6(8)9/h2*2,10-12H,3-4H2,1H3;2*4-5,7H,3H2,1-2H3,(H,8,9). The third-order valence-corrected chi connectivity index (χ3v) is 5.48. The molecule has 0 amide bonds. The molecule has 2 aromatic rings. The number of carboxylic acids is 2. The number of carboxylic acid groups (broad SMARTS) is 2. The maximum absolute atomic E-state index is 9.98. The molecule has 2 rings (SSSR count). The molecule has 2 heterocycles. The number of aromatic nitrogens is 2. The molecule has 2 atom stereocenters. The zero-order valence-corrected chi connectivity index (χ0v) is 24.9. The maximum atomic E-state index is 9.98. The zero-order chi connectivity index (χ0) is 33.2. The minimum atomic E-state index is -1.19. The smallest absolute Gasteiger partial charge is 0.332 e. The molecule has 0 aliphatic rings. The van der Waals surface area contributed by atoms with E-state index < -0.39 is 24.1 Å². The summed E-state index contributed by atoms with van der Waals surface area (Å²) in [5.74, 6) is -1.88. The lowest BCUT2D eigenvalue weighted by molar-refractivity contribution is -0.148. The van der Waals surface area contributed by atoms with Crippen LogP contribution in [0.2, 0.25) is 0 Å². The highest BCUT2D eigenvalue weighted by Gasteiger charge is 2.14. The molecule has 0 aliphatic heterocycles. The van der Waals surface area contributed by atoms with Crippen LogP contribution in [0, 0.1) is 25.7 Å². The molecule has 240 valence electrons. The van der Waals surface area contributed by atoms with Crippen molar-refractivity contribution in [2.24, 2.45) is 11.8 Å². The number of aromatic hydroxyl groups is 2. The Balaban J connectivity index is 0. The number of aliphatic carboxylic acids is 2. The van der Waals surface area contributed by atoms with Crippen molar-refractivity contribution in [2.45, 2.75) is 93.0 Å². The van der Waals surface area contributed by atoms with Crippen molar-refractivity contribution >= 4 is 11.9 Å². The molecule has 14 nitrogen and oxygen atoms in total. The zero-order valence-electron chi connectivity index (χ0n) is 24.9. The molecule has 0 saturated carbocycles. The number of hydrogen-bond donors (Lipinski definition) is 10. The van der Waals surface area contributed by atoms with E-state index in [1.54, 1.807) is 13.8 Å². The van der Waals surface area contributed by atoms with Crippen molar-refractivity contribution in [1.82, 2.24) is 9.97 Å². The highest BCUT2D eigenvalue weighted by atomic mass is 16.4. The highest BCUT2D eigenvalue weighted by Crippen LogP contribution is 2.24. The number of hydrogen-bond acceptors (Lipinski definition) is 12. The quantitative estimate of drug-likeness (QED) is 0.183. The van der Waals surface area contributed by atoms with Gasteiger partial charge in [0.1, 0.15) is 11.5 Å². The van der Waals surface area contributed by atoms with Gasteiger partial charge in [-0.2, -0.15) is 0 Å². The van der Waals surface area contributed by atoms with Gasteiger partial charge in [0, 0.05) is 34.6 Å². The number of aryl methyl sites for hydroxylation is 2. The molecule has 10 N–H and O–H groups in total. The van der Waals surface area contributed by atoms with Crippen molar-refractivity contribution in [2.75, 3.05) is 0 Å². The van der Waals surface area contributed by atoms with Crippen LogP contribution < -0.4 is 0 Å². The lowest BCUT2D eigenvalue weighted by Gasteiger charge is -2.07. The summed E-state index contributed by atoms with van der Waals surface area (Å²) in [6.45, 7) is 9.71. The van der Waals surface area contributed by atoms with E-state index in [1.165, 1.54) is 12.4 Å². The Morgan fingerprint density at radius 1 is 0.643 bits per heavy atom. The Morgan fingerprint density at radius 3 is 1.10 bits per heavy atom. The third-order valence-electron chi connectivity index (χ3n) is 5.48. The molecule has 0 aliphatic carbocycles. The summed E-state index contributed by atoms with van der Waals surface area (Å²) in [5, 5.41) is 87.8. The van der Waals surface area contributed by atoms with Crippen molar-refractivity contribution < 1.29 is 60.7 Å². The fraction of sp³-hybridized carbons (Fsp3) is 0.571. The second-order valence-corrected chi connectivity index (χ2v) is 9.99. The first-order valence-electron chi connectivity index (χ1n) is 13.1. The molecule has 0 saturated heterocycles. The van der Waals surface area contributed by atoms with Crippen molar-refractivity contribution in [3.8, 4) is 11.5 Å². The first-order valence-corrected chi connectivity index (χ1v) is 13.1. The number of pyridine rings is 2. The van der Waals surface area contributed by atoms with Gasteiger partial charge in [-0.3, -0.25) is 9.97 Å². The number of aliphatic hydroxyl groups is 6. The SMILES string of the molecule is CC(C)CC(O)C(=O)O.CC(C)CC(O)C(=O)O.Cc1ncc(CO)c(CO)c1O.Cc1ncc(CO)c(CO)c1O. The van der Waals surface area contributed by atoms with Crippen LogP contribution in [0.25, 0.3) is 0 Å². The minimum absolute atomic E-state index is 0.0379. The monoisotopic (exact) mass is 602 g/mol. The molecule has 0 fully saturated rings. The van der Waals surface area contributed by atoms with Gasteiger partial charge in [0.2, 0.25) is 0 Å². The molecule has 2 aromatic heterocycles. The number of carbonyl (C=O) groups is 2. The van der Waals surface area contributed by atoms with Crippen LogP contribution in [-0.4, -0.2) is 85.2 Å². The van der Waals surface area contributed by atoms with Gasteiger partial charge in [0.05, 0.1) is 37.8 Å². The second kappa shape index (κ2) is 21.3. The van der Waals surface area contributed by atoms with E-state index in [1.807, 2.05) is 27.7 Å². The van der Waals surface area contributed by atoms with Crippen molar-refractivity contribution in [3.63, 3.8) is 0 Å². The van der Waals surface area contributed by atoms with Crippen LogP contribution in [0.3, 0.4) is 0 Å². The average molecular weight is 603 g/mol. The van der Waals surface area contributed by atoms with Crippen molar-refractivity contribution in [3.05, 3.63) is 46.0 Å². The van der Waals surface area contributed by atoms with Crippen LogP contribution in [0.1, 0.15) is 74.2 Å². The van der Waals surface area contributed by atoms with E-state index in [2.05, 4.69) is 9.97 Å². The van der Waals surface area contributed by atoms with Gasteiger partial charge in [-0.25, -0.2) is 9.59 Å². The molecule has 0 bridgehead atoms. The van der Waals surface area contributed by atoms with Crippen LogP contribution in [0.4, 0.5) is 0 Å². The Kier molecular flexibility index (Phi) is 20.7. The molecule has 14 heteroatoms. The topological polar surface area (TPSA) is 262 Å². The maximum Gasteiger partial charge on any atom is 0.332 e. The Bertz CT molecular complexity index is 1010. The van der Waals surface area contributed by atoms with E-state index in [0.29, 0.717) is 46.5 Å². The first kappa shape index (κ1) is 40.7. The summed E-state index contributed by atoms with van der Waals surface area (Å²) in [5.41, 5.74) is 2.53. The lowest BCUT2D eigenvalue weighted by atomic mass is 10.1. The normalized spacial score (nSPS) is 11.8. The number of nitrogens with zero attached hydrogens (tertiary/aromatic N) is 2. The second-order valence-electron chi connectivity index (χ2n) is 9.99. The van der Waals surface area contributed by atoms with E-state index in [-0.39, 0.29) is 49.8 Å². The Hall–Kier alpha value is -3.40. The van der Waals surface area contributed by atoms with Crippen molar-refractivity contribution in [1.29, 1.82) is 0 Å². The van der Waals surface area contributed by atoms with Gasteiger partial charge in [-0.15, -0.1) is 0 Å². The van der Waals surface area contributed by atoms with Gasteiger partial charge in [-0.1, -0.05) is 27.7 Å². The number of aliphatic hydroxyl groups excluding tert-OH is 6. The van der Waals surface area contributed by atoms with E-state index in [9.17, 15) is 19.8 Å². The van der Waals surface area contributed by atoms with Crippen LogP contribution in [0.15, 0.2) is 12.4 Å². The fourth-order valence-corrected chi connectivity index (χ4v) is 3.09. The first-order chi connectivity index (χ1) is 19.5. The Morgan fingerprint density at radius 2 is 0.929 bits per heavy atom. The van der Waals surface area contributed by atoms with E-state index >= 15 is 0 Å². The summed E-state index contributed by atoms with van der Waals surface area (Å²) in [6, 6.07) is 0. The van der Waals surface area contributed by atoms with Crippen LogP contribution in [-0.2, 0) is 36.0 Å². The molecule has 0 radical (unpaired) electrons. The molecular weight excluding hydrogens is 556 g/mol. The summed E-state index contributed by atoms with van der Waals surface area (Å²) in [7, 11) is 0. The molecule has 0 aromatic carbocycles. The fourth-order valence-electron chi connectivity index (χ4n) is 3.09. The average Bonchev–Trinajstić information content (AvgIpc) is 2.91.